The molecule has 0 saturated heterocycles. The molecule has 1 atom stereocenters. The van der Waals surface area contributed by atoms with Gasteiger partial charge in [-0.2, -0.15) is 0 Å². The van der Waals surface area contributed by atoms with Crippen molar-refractivity contribution >= 4 is 40.5 Å². The van der Waals surface area contributed by atoms with Gasteiger partial charge in [0.1, 0.15) is 0 Å². The average Bonchev–Trinajstić information content (AvgIpc) is 3.46. The molecule has 3 aromatic carbocycles. The summed E-state index contributed by atoms with van der Waals surface area (Å²) in [5.41, 5.74) is 2.06. The summed E-state index contributed by atoms with van der Waals surface area (Å²) in [6, 6.07) is 20.8. The molecule has 0 aromatic heterocycles. The molecule has 29 heavy (non-hydrogen) atoms. The number of carbonyl (C=O) groups is 1. The first-order valence-corrected chi connectivity index (χ1v) is 9.73. The van der Waals surface area contributed by atoms with Crippen molar-refractivity contribution in [3.05, 3.63) is 104 Å². The Labute approximate surface area is 177 Å². The molecule has 1 fully saturated rings. The molecule has 0 aliphatic heterocycles. The van der Waals surface area contributed by atoms with Crippen LogP contribution in [0.1, 0.15) is 17.5 Å². The van der Waals surface area contributed by atoms with Crippen molar-refractivity contribution in [2.75, 3.05) is 5.32 Å². The highest BCUT2D eigenvalue weighted by molar-refractivity contribution is 6.30. The van der Waals surface area contributed by atoms with E-state index in [4.69, 9.17) is 23.2 Å². The fourth-order valence-corrected chi connectivity index (χ4v) is 4.03. The van der Waals surface area contributed by atoms with E-state index in [1.54, 1.807) is 0 Å². The zero-order valence-corrected chi connectivity index (χ0v) is 16.7. The monoisotopic (exact) mass is 426 g/mol. The van der Waals surface area contributed by atoms with Gasteiger partial charge < -0.3 is 5.32 Å². The summed E-state index contributed by atoms with van der Waals surface area (Å²) in [5, 5.41) is 14.9. The minimum absolute atomic E-state index is 0.0221. The highest BCUT2D eigenvalue weighted by Gasteiger charge is 2.60. The van der Waals surface area contributed by atoms with E-state index in [2.05, 4.69) is 5.32 Å². The summed E-state index contributed by atoms with van der Waals surface area (Å²) in [6.45, 7) is 0. The van der Waals surface area contributed by atoms with Crippen molar-refractivity contribution in [3.63, 3.8) is 0 Å². The highest BCUT2D eigenvalue weighted by atomic mass is 35.5. The van der Waals surface area contributed by atoms with Crippen LogP contribution in [-0.2, 0) is 10.2 Å². The van der Waals surface area contributed by atoms with Gasteiger partial charge in [0, 0.05) is 33.3 Å². The molecule has 1 N–H and O–H groups in total. The topological polar surface area (TPSA) is 72.2 Å². The molecule has 146 valence electrons. The Bertz CT molecular complexity index is 1020. The van der Waals surface area contributed by atoms with Gasteiger partial charge >= 0.3 is 0 Å². The number of nitrogens with zero attached hydrogens (tertiary/aromatic N) is 1. The number of rotatable bonds is 5. The van der Waals surface area contributed by atoms with Crippen LogP contribution < -0.4 is 5.32 Å². The van der Waals surface area contributed by atoms with Gasteiger partial charge in [0.15, 0.2) is 0 Å². The van der Waals surface area contributed by atoms with Crippen LogP contribution in [0, 0.1) is 16.0 Å². The van der Waals surface area contributed by atoms with Crippen LogP contribution in [0.4, 0.5) is 11.4 Å². The number of nitro groups is 1. The summed E-state index contributed by atoms with van der Waals surface area (Å²) in [7, 11) is 0. The van der Waals surface area contributed by atoms with Crippen LogP contribution in [0.2, 0.25) is 10.0 Å². The minimum Gasteiger partial charge on any atom is -0.326 e. The molecule has 4 rings (SSSR count). The van der Waals surface area contributed by atoms with Gasteiger partial charge in [-0.05, 0) is 53.9 Å². The normalized spacial score (nSPS) is 16.8. The van der Waals surface area contributed by atoms with E-state index < -0.39 is 10.3 Å². The number of nitrogens with one attached hydrogen (secondary N) is 1. The summed E-state index contributed by atoms with van der Waals surface area (Å²) >= 11 is 12.1. The van der Waals surface area contributed by atoms with Gasteiger partial charge in [-0.15, -0.1) is 0 Å². The van der Waals surface area contributed by atoms with Crippen molar-refractivity contribution < 1.29 is 9.72 Å². The number of halogens is 2. The summed E-state index contributed by atoms with van der Waals surface area (Å²) < 4.78 is 0. The van der Waals surface area contributed by atoms with E-state index in [1.807, 2.05) is 48.5 Å². The Hall–Kier alpha value is -2.89. The maximum absolute atomic E-state index is 13.0. The average molecular weight is 427 g/mol. The Balaban J connectivity index is 1.62. The second-order valence-corrected chi connectivity index (χ2v) is 7.91. The fraction of sp³-hybridized carbons (Fsp3) is 0.136. The number of hydrogen-bond acceptors (Lipinski definition) is 3. The van der Waals surface area contributed by atoms with Crippen molar-refractivity contribution in [2.24, 2.45) is 5.92 Å². The van der Waals surface area contributed by atoms with E-state index in [-0.39, 0.29) is 17.5 Å². The first kappa shape index (κ1) is 19.4. The zero-order valence-electron chi connectivity index (χ0n) is 15.1. The maximum Gasteiger partial charge on any atom is 0.269 e. The number of nitro benzene ring substituents is 1. The van der Waals surface area contributed by atoms with Gasteiger partial charge in [0.05, 0.1) is 10.8 Å². The molecule has 5 nitrogen and oxygen atoms in total. The summed E-state index contributed by atoms with van der Waals surface area (Å²) in [5.74, 6) is -0.413. The SMILES string of the molecule is O=C(Nc1ccc([N+](=O)[O-])cc1)[C@@H]1CC1(c1ccc(Cl)cc1)c1ccc(Cl)cc1. The molecule has 1 aliphatic rings. The second-order valence-electron chi connectivity index (χ2n) is 7.04. The third-order valence-electron chi connectivity index (χ3n) is 5.34. The van der Waals surface area contributed by atoms with Crippen LogP contribution in [0.15, 0.2) is 72.8 Å². The van der Waals surface area contributed by atoms with Crippen molar-refractivity contribution in [1.29, 1.82) is 0 Å². The second kappa shape index (κ2) is 7.50. The maximum atomic E-state index is 13.0. The van der Waals surface area contributed by atoms with Gasteiger partial charge in [-0.25, -0.2) is 0 Å². The molecule has 0 bridgehead atoms. The molecule has 0 spiro atoms. The third-order valence-corrected chi connectivity index (χ3v) is 5.85. The largest absolute Gasteiger partial charge is 0.326 e. The highest BCUT2D eigenvalue weighted by Crippen LogP contribution is 2.59. The Morgan fingerprint density at radius 1 is 0.897 bits per heavy atom. The molecule has 0 radical (unpaired) electrons. The first-order valence-electron chi connectivity index (χ1n) is 8.97. The molecule has 0 unspecified atom stereocenters. The molecule has 1 saturated carbocycles. The quantitative estimate of drug-likeness (QED) is 0.410. The van der Waals surface area contributed by atoms with Gasteiger partial charge in [-0.1, -0.05) is 47.5 Å². The number of anilines is 1. The van der Waals surface area contributed by atoms with Crippen LogP contribution in [0.25, 0.3) is 0 Å². The summed E-state index contributed by atoms with van der Waals surface area (Å²) in [4.78, 5) is 23.3. The minimum atomic E-state index is -0.474. The molecule has 7 heteroatoms. The van der Waals surface area contributed by atoms with Crippen molar-refractivity contribution in [3.8, 4) is 0 Å². The van der Waals surface area contributed by atoms with Gasteiger partial charge in [0.2, 0.25) is 5.91 Å². The van der Waals surface area contributed by atoms with Crippen LogP contribution in [0.5, 0.6) is 0 Å². The lowest BCUT2D eigenvalue weighted by Crippen LogP contribution is -2.22. The number of non-ortho nitro benzene ring substituents is 1. The van der Waals surface area contributed by atoms with Gasteiger partial charge in [-0.3, -0.25) is 14.9 Å². The van der Waals surface area contributed by atoms with Gasteiger partial charge in [0.25, 0.3) is 5.69 Å². The number of benzene rings is 3. The molecule has 1 aliphatic carbocycles. The molecule has 3 aromatic rings. The summed E-state index contributed by atoms with van der Waals surface area (Å²) in [6.07, 6.45) is 0.648. The number of hydrogen-bond donors (Lipinski definition) is 1. The van der Waals surface area contributed by atoms with Crippen LogP contribution in [-0.4, -0.2) is 10.8 Å². The van der Waals surface area contributed by atoms with E-state index >= 15 is 0 Å². The van der Waals surface area contributed by atoms with Crippen molar-refractivity contribution in [1.82, 2.24) is 0 Å². The van der Waals surface area contributed by atoms with E-state index in [0.717, 1.165) is 11.1 Å². The molecule has 0 heterocycles. The van der Waals surface area contributed by atoms with Crippen molar-refractivity contribution in [2.45, 2.75) is 11.8 Å². The molecular weight excluding hydrogens is 411 g/mol. The smallest absolute Gasteiger partial charge is 0.269 e. The fourth-order valence-electron chi connectivity index (χ4n) is 3.77. The van der Waals surface area contributed by atoms with E-state index in [0.29, 0.717) is 22.2 Å². The zero-order chi connectivity index (χ0) is 20.6. The lowest BCUT2D eigenvalue weighted by atomic mass is 9.85. The van der Waals surface area contributed by atoms with E-state index in [1.165, 1.54) is 24.3 Å². The number of carbonyl (C=O) groups excluding carboxylic acids is 1. The lowest BCUT2D eigenvalue weighted by molar-refractivity contribution is -0.384. The predicted octanol–water partition coefficient (Wildman–Crippen LogP) is 5.85. The third kappa shape index (κ3) is 3.71. The number of amides is 1. The lowest BCUT2D eigenvalue weighted by Gasteiger charge is -2.19. The molecular formula is C22H16Cl2N2O3. The Kier molecular flexibility index (Phi) is 5.03. The standard InChI is InChI=1S/C22H16Cl2N2O3/c23-16-5-1-14(2-6-16)22(15-3-7-17(24)8-4-15)13-20(22)21(27)25-18-9-11-19(12-10-18)26(28)29/h1-12,20H,13H2,(H,25,27)/t20-/m0/s1. The molecule has 1 amide bonds. The van der Waals surface area contributed by atoms with E-state index in [9.17, 15) is 14.9 Å². The first-order chi connectivity index (χ1) is 13.9. The Morgan fingerprint density at radius 2 is 1.38 bits per heavy atom. The predicted molar refractivity (Wildman–Crippen MR) is 114 cm³/mol. The Morgan fingerprint density at radius 3 is 1.83 bits per heavy atom. The van der Waals surface area contributed by atoms with Crippen LogP contribution in [0.3, 0.4) is 0 Å². The van der Waals surface area contributed by atoms with Crippen LogP contribution >= 0.6 is 23.2 Å².